The molecule has 3 aliphatic rings. The topological polar surface area (TPSA) is 93.7 Å². The summed E-state index contributed by atoms with van der Waals surface area (Å²) >= 11 is 0. The average Bonchev–Trinajstić information content (AvgIpc) is 3.62. The average molecular weight is 647 g/mol. The highest BCUT2D eigenvalue weighted by Crippen LogP contribution is 2.41. The number of halogens is 2. The van der Waals surface area contributed by atoms with Gasteiger partial charge in [-0.3, -0.25) is 9.88 Å². The van der Waals surface area contributed by atoms with Crippen LogP contribution in [0.3, 0.4) is 0 Å². The van der Waals surface area contributed by atoms with E-state index in [2.05, 4.69) is 32.4 Å². The molecule has 3 unspecified atom stereocenters. The molecule has 1 spiro atoms. The van der Waals surface area contributed by atoms with E-state index in [0.717, 1.165) is 57.0 Å². The fraction of sp³-hybridized carbons (Fsp3) is 0.528. The lowest BCUT2D eigenvalue weighted by molar-refractivity contribution is 0.0323. The highest BCUT2D eigenvalue weighted by molar-refractivity contribution is 6.00. The van der Waals surface area contributed by atoms with E-state index >= 15 is 4.39 Å². The van der Waals surface area contributed by atoms with Crippen molar-refractivity contribution >= 4 is 27.5 Å². The Balaban J connectivity index is 1.26. The maximum absolute atomic E-state index is 16.7. The van der Waals surface area contributed by atoms with E-state index in [0.29, 0.717) is 67.2 Å². The largest absolute Gasteiger partial charge is 0.461 e. The quantitative estimate of drug-likeness (QED) is 0.277. The van der Waals surface area contributed by atoms with Gasteiger partial charge >= 0.3 is 6.01 Å². The van der Waals surface area contributed by atoms with Crippen LogP contribution in [-0.2, 0) is 9.47 Å². The third kappa shape index (κ3) is 6.50. The van der Waals surface area contributed by atoms with Crippen LogP contribution < -0.4 is 15.4 Å². The smallest absolute Gasteiger partial charge is 0.319 e. The predicted molar refractivity (Wildman–Crippen MR) is 179 cm³/mol. The van der Waals surface area contributed by atoms with Gasteiger partial charge in [0.1, 0.15) is 29.5 Å². The van der Waals surface area contributed by atoms with Gasteiger partial charge in [-0.05, 0) is 68.0 Å². The van der Waals surface area contributed by atoms with Crippen LogP contribution in [0, 0.1) is 18.6 Å². The number of anilines is 1. The van der Waals surface area contributed by atoms with Crippen molar-refractivity contribution in [2.24, 2.45) is 0 Å². The zero-order chi connectivity index (χ0) is 32.4. The molecule has 2 fully saturated rings. The van der Waals surface area contributed by atoms with Crippen LogP contribution in [0.5, 0.6) is 6.01 Å². The highest BCUT2D eigenvalue weighted by Gasteiger charge is 2.49. The van der Waals surface area contributed by atoms with Crippen LogP contribution in [0.4, 0.5) is 14.6 Å². The van der Waals surface area contributed by atoms with Gasteiger partial charge in [0.25, 0.3) is 0 Å². The Bertz CT molecular complexity index is 1740. The number of aromatic nitrogens is 3. The molecule has 0 aliphatic carbocycles. The molecule has 0 amide bonds. The zero-order valence-electron chi connectivity index (χ0n) is 27.3. The van der Waals surface area contributed by atoms with Gasteiger partial charge in [0.15, 0.2) is 5.82 Å². The molecule has 2 aromatic heterocycles. The molecule has 9 nitrogen and oxygen atoms in total. The third-order valence-corrected chi connectivity index (χ3v) is 9.99. The molecule has 250 valence electrons. The number of benzene rings is 2. The van der Waals surface area contributed by atoms with Gasteiger partial charge in [-0.1, -0.05) is 37.6 Å². The van der Waals surface area contributed by atoms with E-state index in [-0.39, 0.29) is 40.7 Å². The first-order valence-corrected chi connectivity index (χ1v) is 17.0. The van der Waals surface area contributed by atoms with E-state index < -0.39 is 5.82 Å². The van der Waals surface area contributed by atoms with Gasteiger partial charge in [-0.15, -0.1) is 0 Å². The Morgan fingerprint density at radius 2 is 2.00 bits per heavy atom. The van der Waals surface area contributed by atoms with E-state index in [1.165, 1.54) is 6.07 Å². The summed E-state index contributed by atoms with van der Waals surface area (Å²) in [5.74, 6) is -0.487. The van der Waals surface area contributed by atoms with Gasteiger partial charge in [0.05, 0.1) is 23.6 Å². The number of hydrogen-bond acceptors (Lipinski definition) is 9. The number of rotatable bonds is 3. The van der Waals surface area contributed by atoms with Gasteiger partial charge in [-0.25, -0.2) is 8.78 Å². The van der Waals surface area contributed by atoms with Crippen molar-refractivity contribution in [2.75, 3.05) is 57.9 Å². The van der Waals surface area contributed by atoms with E-state index in [4.69, 9.17) is 19.2 Å². The molecule has 0 radical (unpaired) electrons. The van der Waals surface area contributed by atoms with Crippen molar-refractivity contribution < 1.29 is 23.0 Å². The summed E-state index contributed by atoms with van der Waals surface area (Å²) in [6.07, 6.45) is 7.60. The van der Waals surface area contributed by atoms with Crippen LogP contribution in [0.2, 0.25) is 0 Å². The summed E-state index contributed by atoms with van der Waals surface area (Å²) < 4.78 is 50.0. The summed E-state index contributed by atoms with van der Waals surface area (Å²) in [7, 11) is 0. The molecule has 4 bridgehead atoms. The molecule has 0 saturated carbocycles. The lowest BCUT2D eigenvalue weighted by Gasteiger charge is -2.31. The van der Waals surface area contributed by atoms with Crippen molar-refractivity contribution in [1.82, 2.24) is 25.2 Å². The number of ether oxygens (including phenoxy) is 3. The Kier molecular flexibility index (Phi) is 9.49. The number of aryl methyl sites for hydroxylation is 1. The van der Waals surface area contributed by atoms with Gasteiger partial charge < -0.3 is 24.8 Å². The lowest BCUT2D eigenvalue weighted by atomic mass is 9.94. The summed E-state index contributed by atoms with van der Waals surface area (Å²) in [4.78, 5) is 16.4. The van der Waals surface area contributed by atoms with Gasteiger partial charge in [-0.2, -0.15) is 9.97 Å². The van der Waals surface area contributed by atoms with Crippen LogP contribution in [-0.4, -0.2) is 90.1 Å². The molecule has 2 saturated heterocycles. The maximum atomic E-state index is 16.7. The van der Waals surface area contributed by atoms with Crippen molar-refractivity contribution in [1.29, 1.82) is 0 Å². The first-order chi connectivity index (χ1) is 23.0. The minimum atomic E-state index is -0.597. The molecule has 2 aromatic carbocycles. The fourth-order valence-corrected chi connectivity index (χ4v) is 7.62. The Labute approximate surface area is 274 Å². The predicted octanol–water partition coefficient (Wildman–Crippen LogP) is 6.02. The molecule has 7 rings (SSSR count). The van der Waals surface area contributed by atoms with Crippen LogP contribution >= 0.6 is 0 Å². The number of nitrogens with one attached hydrogen (secondary N) is 2. The summed E-state index contributed by atoms with van der Waals surface area (Å²) in [6, 6.07) is 8.97. The second-order valence-corrected chi connectivity index (χ2v) is 13.2. The minimum absolute atomic E-state index is 0.109. The Morgan fingerprint density at radius 3 is 2.89 bits per heavy atom. The maximum Gasteiger partial charge on any atom is 0.319 e. The SMILES string of the molecule is CCCC1COCCCOC2CN3CCCC3(COc3nc(c4cnc(-c5cccc6ccc(F)c(C)c56)c(F)c4n3)NCCN1)C2. The molecule has 3 aliphatic heterocycles. The highest BCUT2D eigenvalue weighted by atomic mass is 19.1. The Hall–Kier alpha value is -3.51. The summed E-state index contributed by atoms with van der Waals surface area (Å²) in [5.41, 5.74) is 1.01. The third-order valence-electron chi connectivity index (χ3n) is 9.99. The van der Waals surface area contributed by atoms with Gasteiger partial charge in [0.2, 0.25) is 0 Å². The molecule has 4 aromatic rings. The first kappa shape index (κ1) is 32.1. The Morgan fingerprint density at radius 1 is 1.09 bits per heavy atom. The monoisotopic (exact) mass is 646 g/mol. The van der Waals surface area contributed by atoms with E-state index in [9.17, 15) is 4.39 Å². The molecular weight excluding hydrogens is 602 g/mol. The number of fused-ring (bicyclic) bond motifs is 6. The molecule has 5 heterocycles. The van der Waals surface area contributed by atoms with Crippen LogP contribution in [0.15, 0.2) is 36.5 Å². The zero-order valence-corrected chi connectivity index (χ0v) is 27.3. The standard InChI is InChI=1S/C36H44F2N6O3/c1-3-7-25-21-45-16-6-17-46-26-18-36(12-5-15-44(36)20-26)22-47-35-42-33-28(34(43-35)40-14-13-39-25)19-41-32(31(33)38)27-9-4-8-24-10-11-29(37)23(2)30(24)27/h4,8-11,19,25-26,39H,3,5-7,12-18,20-22H2,1-2H3,(H,40,42,43). The van der Waals surface area contributed by atoms with E-state index in [1.807, 2.05) is 12.1 Å². The van der Waals surface area contributed by atoms with Crippen molar-refractivity contribution in [2.45, 2.75) is 70.1 Å². The first-order valence-electron chi connectivity index (χ1n) is 17.0. The van der Waals surface area contributed by atoms with Crippen molar-refractivity contribution in [3.63, 3.8) is 0 Å². The van der Waals surface area contributed by atoms with Crippen molar-refractivity contribution in [3.05, 3.63) is 53.7 Å². The second-order valence-electron chi connectivity index (χ2n) is 13.2. The summed E-state index contributed by atoms with van der Waals surface area (Å²) in [6.45, 7) is 9.31. The molecular formula is C36H44F2N6O3. The van der Waals surface area contributed by atoms with Crippen LogP contribution in [0.1, 0.15) is 51.0 Å². The van der Waals surface area contributed by atoms with E-state index in [1.54, 1.807) is 25.3 Å². The normalized spacial score (nSPS) is 24.7. The fourth-order valence-electron chi connectivity index (χ4n) is 7.62. The van der Waals surface area contributed by atoms with Crippen LogP contribution in [0.25, 0.3) is 32.9 Å². The lowest BCUT2D eigenvalue weighted by Crippen LogP contribution is -2.43. The minimum Gasteiger partial charge on any atom is -0.461 e. The molecule has 47 heavy (non-hydrogen) atoms. The second kappa shape index (κ2) is 13.9. The molecule has 2 N–H and O–H groups in total. The van der Waals surface area contributed by atoms with Crippen molar-refractivity contribution in [3.8, 4) is 17.3 Å². The van der Waals surface area contributed by atoms with Gasteiger partial charge in [0, 0.05) is 50.7 Å². The number of pyridine rings is 1. The number of hydrogen-bond donors (Lipinski definition) is 2. The number of nitrogens with zero attached hydrogens (tertiary/aromatic N) is 4. The molecule has 3 atom stereocenters. The molecule has 11 heteroatoms. The summed E-state index contributed by atoms with van der Waals surface area (Å²) in [5, 5.41) is 8.87.